The van der Waals surface area contributed by atoms with Crippen molar-refractivity contribution in [3.8, 4) is 0 Å². The Morgan fingerprint density at radius 1 is 1.15 bits per heavy atom. The molecule has 0 bridgehead atoms. The summed E-state index contributed by atoms with van der Waals surface area (Å²) in [5.74, 6) is -0.224. The highest BCUT2D eigenvalue weighted by molar-refractivity contribution is 6.31. The summed E-state index contributed by atoms with van der Waals surface area (Å²) >= 11 is 6.06. The third-order valence-electron chi connectivity index (χ3n) is 6.65. The number of likely N-dealkylation sites (tertiary alicyclic amines) is 1. The first-order chi connectivity index (χ1) is 15.4. The zero-order valence-corrected chi connectivity index (χ0v) is 20.7. The Hall–Kier alpha value is -2.06. The molecule has 9 heteroatoms. The third kappa shape index (κ3) is 6.09. The SMILES string of the molecule is C=CCN(CC(=O)N1CCN(C2CCN(C)CC2)CC1)C(=O)c1cc2cc(Cl)ccc2[nH]1.Cl. The molecule has 0 spiro atoms. The van der Waals surface area contributed by atoms with Gasteiger partial charge < -0.3 is 19.7 Å². The lowest BCUT2D eigenvalue weighted by Crippen LogP contribution is -2.55. The zero-order valence-electron chi connectivity index (χ0n) is 19.1. The van der Waals surface area contributed by atoms with Crippen LogP contribution in [0.15, 0.2) is 36.9 Å². The van der Waals surface area contributed by atoms with Crippen LogP contribution in [-0.4, -0.2) is 102 Å². The second-order valence-electron chi connectivity index (χ2n) is 8.84. The molecule has 2 aliphatic heterocycles. The highest BCUT2D eigenvalue weighted by Gasteiger charge is 2.29. The van der Waals surface area contributed by atoms with Crippen molar-refractivity contribution in [2.75, 3.05) is 59.4 Å². The average molecular weight is 494 g/mol. The highest BCUT2D eigenvalue weighted by Crippen LogP contribution is 2.21. The molecule has 2 amide bonds. The first-order valence-corrected chi connectivity index (χ1v) is 11.7. The number of hydrogen-bond acceptors (Lipinski definition) is 4. The number of aromatic nitrogens is 1. The van der Waals surface area contributed by atoms with E-state index < -0.39 is 0 Å². The number of H-pyrrole nitrogens is 1. The largest absolute Gasteiger partial charge is 0.351 e. The number of benzene rings is 1. The maximum Gasteiger partial charge on any atom is 0.271 e. The molecule has 0 aliphatic carbocycles. The molecule has 1 N–H and O–H groups in total. The Labute approximate surface area is 206 Å². The molecule has 0 atom stereocenters. The van der Waals surface area contributed by atoms with Gasteiger partial charge in [0.25, 0.3) is 5.91 Å². The summed E-state index contributed by atoms with van der Waals surface area (Å²) < 4.78 is 0. The van der Waals surface area contributed by atoms with Crippen molar-refractivity contribution in [1.29, 1.82) is 0 Å². The van der Waals surface area contributed by atoms with Crippen LogP contribution in [0.25, 0.3) is 10.9 Å². The molecule has 2 saturated heterocycles. The highest BCUT2D eigenvalue weighted by atomic mass is 35.5. The molecular weight excluding hydrogens is 461 g/mol. The third-order valence-corrected chi connectivity index (χ3v) is 6.88. The van der Waals surface area contributed by atoms with Crippen molar-refractivity contribution in [3.63, 3.8) is 0 Å². The number of hydrogen-bond donors (Lipinski definition) is 1. The van der Waals surface area contributed by atoms with E-state index in [1.165, 1.54) is 12.8 Å². The Morgan fingerprint density at radius 2 is 1.85 bits per heavy atom. The first-order valence-electron chi connectivity index (χ1n) is 11.3. The van der Waals surface area contributed by atoms with Crippen molar-refractivity contribution in [2.24, 2.45) is 0 Å². The predicted molar refractivity (Wildman–Crippen MR) is 135 cm³/mol. The number of fused-ring (bicyclic) bond motifs is 1. The molecule has 3 heterocycles. The standard InChI is InChI=1S/C24H32ClN5O2.ClH/c1-3-8-30(24(32)22-16-18-15-19(25)4-5-21(18)26-22)17-23(31)29-13-11-28(12-14-29)20-6-9-27(2)10-7-20;/h3-5,15-16,20,26H,1,6-14,17H2,2H3;1H. The first kappa shape index (κ1) is 25.6. The van der Waals surface area contributed by atoms with E-state index >= 15 is 0 Å². The van der Waals surface area contributed by atoms with Crippen LogP contribution in [0.1, 0.15) is 23.3 Å². The van der Waals surface area contributed by atoms with Crippen molar-refractivity contribution in [3.05, 3.63) is 47.6 Å². The average Bonchev–Trinajstić information content (AvgIpc) is 3.22. The summed E-state index contributed by atoms with van der Waals surface area (Å²) in [6.45, 7) is 9.64. The van der Waals surface area contributed by atoms with Gasteiger partial charge in [0.05, 0.1) is 0 Å². The van der Waals surface area contributed by atoms with Crippen LogP contribution in [-0.2, 0) is 4.79 Å². The summed E-state index contributed by atoms with van der Waals surface area (Å²) in [5.41, 5.74) is 1.29. The summed E-state index contributed by atoms with van der Waals surface area (Å²) in [6, 6.07) is 7.85. The van der Waals surface area contributed by atoms with Crippen molar-refractivity contribution < 1.29 is 9.59 Å². The van der Waals surface area contributed by atoms with Crippen LogP contribution in [0.2, 0.25) is 5.02 Å². The van der Waals surface area contributed by atoms with Gasteiger partial charge in [0, 0.05) is 54.7 Å². The normalized spacial score (nSPS) is 18.2. The van der Waals surface area contributed by atoms with E-state index in [0.29, 0.717) is 36.4 Å². The summed E-state index contributed by atoms with van der Waals surface area (Å²) in [5, 5.41) is 1.49. The number of aromatic amines is 1. The van der Waals surface area contributed by atoms with Crippen molar-refractivity contribution >= 4 is 46.7 Å². The lowest BCUT2D eigenvalue weighted by molar-refractivity contribution is -0.134. The van der Waals surface area contributed by atoms with Crippen LogP contribution in [0.5, 0.6) is 0 Å². The van der Waals surface area contributed by atoms with E-state index in [0.717, 1.165) is 37.1 Å². The van der Waals surface area contributed by atoms with Crippen molar-refractivity contribution in [2.45, 2.75) is 18.9 Å². The fourth-order valence-electron chi connectivity index (χ4n) is 4.72. The number of rotatable bonds is 6. The molecule has 2 fully saturated rings. The van der Waals surface area contributed by atoms with Gasteiger partial charge in [0.15, 0.2) is 0 Å². The molecular formula is C24H33Cl2N5O2. The minimum Gasteiger partial charge on any atom is -0.351 e. The molecule has 33 heavy (non-hydrogen) atoms. The molecule has 1 aromatic carbocycles. The predicted octanol–water partition coefficient (Wildman–Crippen LogP) is 3.11. The summed E-state index contributed by atoms with van der Waals surface area (Å²) in [6.07, 6.45) is 4.05. The maximum atomic E-state index is 13.1. The minimum atomic E-state index is -0.212. The van der Waals surface area contributed by atoms with Gasteiger partial charge in [-0.1, -0.05) is 17.7 Å². The molecule has 2 aromatic rings. The van der Waals surface area contributed by atoms with Gasteiger partial charge in [-0.3, -0.25) is 14.5 Å². The number of amides is 2. The monoisotopic (exact) mass is 493 g/mol. The molecule has 7 nitrogen and oxygen atoms in total. The number of nitrogens with zero attached hydrogens (tertiary/aromatic N) is 4. The smallest absolute Gasteiger partial charge is 0.271 e. The summed E-state index contributed by atoms with van der Waals surface area (Å²) in [7, 11) is 2.17. The number of carbonyl (C=O) groups excluding carboxylic acids is 2. The van der Waals surface area contributed by atoms with Crippen LogP contribution in [0.4, 0.5) is 0 Å². The molecule has 2 aliphatic rings. The number of halogens is 2. The number of piperazine rings is 1. The molecule has 0 saturated carbocycles. The number of nitrogens with one attached hydrogen (secondary N) is 1. The second-order valence-corrected chi connectivity index (χ2v) is 9.28. The fourth-order valence-corrected chi connectivity index (χ4v) is 4.90. The van der Waals surface area contributed by atoms with Gasteiger partial charge in [0.2, 0.25) is 5.91 Å². The van der Waals surface area contributed by atoms with Crippen LogP contribution >= 0.6 is 24.0 Å². The van der Waals surface area contributed by atoms with Gasteiger partial charge in [-0.2, -0.15) is 0 Å². The fraction of sp³-hybridized carbons (Fsp3) is 0.500. The van der Waals surface area contributed by atoms with E-state index in [-0.39, 0.29) is 30.8 Å². The van der Waals surface area contributed by atoms with Gasteiger partial charge in [0.1, 0.15) is 12.2 Å². The van der Waals surface area contributed by atoms with Gasteiger partial charge >= 0.3 is 0 Å². The van der Waals surface area contributed by atoms with E-state index in [1.807, 2.05) is 17.0 Å². The summed E-state index contributed by atoms with van der Waals surface area (Å²) in [4.78, 5) is 37.6. The number of carbonyl (C=O) groups is 2. The van der Waals surface area contributed by atoms with Crippen molar-refractivity contribution in [1.82, 2.24) is 24.6 Å². The Bertz CT molecular complexity index is 978. The van der Waals surface area contributed by atoms with Crippen LogP contribution in [0.3, 0.4) is 0 Å². The van der Waals surface area contributed by atoms with Crippen LogP contribution in [0, 0.1) is 0 Å². The molecule has 0 unspecified atom stereocenters. The lowest BCUT2D eigenvalue weighted by Gasteiger charge is -2.42. The topological polar surface area (TPSA) is 62.9 Å². The van der Waals surface area contributed by atoms with E-state index in [4.69, 9.17) is 11.6 Å². The quantitative estimate of drug-likeness (QED) is 0.627. The van der Waals surface area contributed by atoms with E-state index in [1.54, 1.807) is 23.1 Å². The Kier molecular flexibility index (Phi) is 8.82. The Morgan fingerprint density at radius 3 is 2.52 bits per heavy atom. The van der Waals surface area contributed by atoms with Gasteiger partial charge in [-0.05, 0) is 57.2 Å². The van der Waals surface area contributed by atoms with Gasteiger partial charge in [-0.15, -0.1) is 19.0 Å². The van der Waals surface area contributed by atoms with E-state index in [9.17, 15) is 9.59 Å². The maximum absolute atomic E-state index is 13.1. The van der Waals surface area contributed by atoms with E-state index in [2.05, 4.69) is 28.4 Å². The van der Waals surface area contributed by atoms with Crippen LogP contribution < -0.4 is 0 Å². The second kappa shape index (κ2) is 11.4. The molecule has 4 rings (SSSR count). The zero-order chi connectivity index (χ0) is 22.7. The number of piperidine rings is 1. The Balaban J connectivity index is 0.00000306. The molecule has 0 radical (unpaired) electrons. The molecule has 1 aromatic heterocycles. The minimum absolute atomic E-state index is 0. The van der Waals surface area contributed by atoms with Gasteiger partial charge in [-0.25, -0.2) is 0 Å². The lowest BCUT2D eigenvalue weighted by atomic mass is 10.0. The molecule has 180 valence electrons.